The smallest absolute Gasteiger partial charge is 0.409 e. The third-order valence-corrected chi connectivity index (χ3v) is 5.45. The maximum atomic E-state index is 12.7. The zero-order valence-corrected chi connectivity index (χ0v) is 17.3. The van der Waals surface area contributed by atoms with E-state index in [0.29, 0.717) is 17.1 Å². The molecule has 3 rings (SSSR count). The largest absolute Gasteiger partial charge is 0.457 e. The summed E-state index contributed by atoms with van der Waals surface area (Å²) in [5.74, 6) is -0.946. The summed E-state index contributed by atoms with van der Waals surface area (Å²) in [6.45, 7) is 4.79. The minimum Gasteiger partial charge on any atom is -0.457 e. The first-order valence-electron chi connectivity index (χ1n) is 9.72. The van der Waals surface area contributed by atoms with E-state index < -0.39 is 35.5 Å². The lowest BCUT2D eigenvalue weighted by atomic mass is 10.0. The number of halogens is 3. The van der Waals surface area contributed by atoms with E-state index in [4.69, 9.17) is 9.47 Å². The molecule has 1 saturated carbocycles. The molecule has 0 aromatic heterocycles. The SMILES string of the molecule is CC(=CC(F)(F)F)[C@H]1[C@@H](C(=O)OC(C#N)c2cccc(Oc3ccccc3)c2)C1(C)C. The Morgan fingerprint density at radius 2 is 1.74 bits per heavy atom. The maximum absolute atomic E-state index is 12.7. The number of hydrogen-bond donors (Lipinski definition) is 0. The molecule has 0 saturated heterocycles. The summed E-state index contributed by atoms with van der Waals surface area (Å²) in [6, 6.07) is 17.6. The van der Waals surface area contributed by atoms with Gasteiger partial charge in [0.2, 0.25) is 6.10 Å². The Hall–Kier alpha value is -3.27. The van der Waals surface area contributed by atoms with Crippen molar-refractivity contribution >= 4 is 5.97 Å². The number of rotatable bonds is 6. The number of alkyl halides is 3. The molecule has 3 atom stereocenters. The Kier molecular flexibility index (Phi) is 6.12. The van der Waals surface area contributed by atoms with Gasteiger partial charge in [0, 0.05) is 11.6 Å². The third kappa shape index (κ3) is 5.26. The number of allylic oxidation sites excluding steroid dienone is 2. The first-order chi connectivity index (χ1) is 14.5. The molecule has 1 fully saturated rings. The van der Waals surface area contributed by atoms with Crippen LogP contribution >= 0.6 is 0 Å². The fraction of sp³-hybridized carbons (Fsp3) is 0.333. The van der Waals surface area contributed by atoms with Crippen molar-refractivity contribution in [3.63, 3.8) is 0 Å². The van der Waals surface area contributed by atoms with Crippen molar-refractivity contribution in [3.8, 4) is 17.6 Å². The quantitative estimate of drug-likeness (QED) is 0.396. The van der Waals surface area contributed by atoms with Crippen molar-refractivity contribution in [2.75, 3.05) is 0 Å². The van der Waals surface area contributed by atoms with Gasteiger partial charge in [0.05, 0.1) is 5.92 Å². The average Bonchev–Trinajstić information content (AvgIpc) is 3.28. The second-order valence-electron chi connectivity index (χ2n) is 8.14. The van der Waals surface area contributed by atoms with E-state index in [0.717, 1.165) is 0 Å². The Labute approximate surface area is 178 Å². The van der Waals surface area contributed by atoms with Gasteiger partial charge >= 0.3 is 12.1 Å². The van der Waals surface area contributed by atoms with Crippen molar-refractivity contribution in [1.29, 1.82) is 5.26 Å². The molecule has 0 spiro atoms. The molecule has 7 heteroatoms. The van der Waals surface area contributed by atoms with Crippen LogP contribution in [-0.4, -0.2) is 12.1 Å². The number of hydrogen-bond acceptors (Lipinski definition) is 4. The molecule has 1 aliphatic rings. The number of ether oxygens (including phenoxy) is 2. The number of nitriles is 1. The van der Waals surface area contributed by atoms with Crippen LogP contribution in [0.25, 0.3) is 0 Å². The van der Waals surface area contributed by atoms with Crippen LogP contribution in [0.1, 0.15) is 32.4 Å². The molecule has 0 aliphatic heterocycles. The van der Waals surface area contributed by atoms with E-state index in [1.165, 1.54) is 6.92 Å². The normalized spacial score (nSPS) is 21.0. The average molecular weight is 429 g/mol. The molecular formula is C24H22F3NO3. The van der Waals surface area contributed by atoms with Crippen LogP contribution in [0.5, 0.6) is 11.5 Å². The van der Waals surface area contributed by atoms with Crippen LogP contribution in [0.3, 0.4) is 0 Å². The lowest BCUT2D eigenvalue weighted by molar-refractivity contribution is -0.149. The van der Waals surface area contributed by atoms with Gasteiger partial charge in [-0.3, -0.25) is 4.79 Å². The molecule has 4 nitrogen and oxygen atoms in total. The molecule has 0 heterocycles. The van der Waals surface area contributed by atoms with Gasteiger partial charge in [0.15, 0.2) is 0 Å². The van der Waals surface area contributed by atoms with Crippen LogP contribution in [0.2, 0.25) is 0 Å². The molecule has 1 unspecified atom stereocenters. The van der Waals surface area contributed by atoms with E-state index in [2.05, 4.69) is 0 Å². The molecule has 0 bridgehead atoms. The monoisotopic (exact) mass is 429 g/mol. The molecule has 2 aromatic rings. The van der Waals surface area contributed by atoms with Crippen molar-refractivity contribution in [2.45, 2.75) is 33.1 Å². The van der Waals surface area contributed by atoms with Crippen molar-refractivity contribution in [3.05, 3.63) is 71.8 Å². The first-order valence-corrected chi connectivity index (χ1v) is 9.72. The van der Waals surface area contributed by atoms with Gasteiger partial charge in [0.1, 0.15) is 17.6 Å². The molecule has 2 aromatic carbocycles. The fourth-order valence-electron chi connectivity index (χ4n) is 4.00. The zero-order valence-electron chi connectivity index (χ0n) is 17.3. The first kappa shape index (κ1) is 22.4. The predicted octanol–water partition coefficient (Wildman–Crippen LogP) is 6.37. The standard InChI is InChI=1S/C24H22F3NO3/c1-15(13-24(25,26)27)20-21(23(20,2)3)22(29)31-19(14-28)16-8-7-11-18(12-16)30-17-9-5-4-6-10-17/h4-13,19-21H,1-3H3/t19?,20-,21-/m0/s1. The van der Waals surface area contributed by atoms with E-state index >= 15 is 0 Å². The maximum Gasteiger partial charge on any atom is 0.409 e. The summed E-state index contributed by atoms with van der Waals surface area (Å²) in [4.78, 5) is 12.7. The Morgan fingerprint density at radius 3 is 2.35 bits per heavy atom. The van der Waals surface area contributed by atoms with Crippen LogP contribution in [-0.2, 0) is 9.53 Å². The van der Waals surface area contributed by atoms with Gasteiger partial charge in [-0.05, 0) is 42.5 Å². The minimum absolute atomic E-state index is 0.0752. The number of para-hydroxylation sites is 1. The topological polar surface area (TPSA) is 59.3 Å². The Morgan fingerprint density at radius 1 is 1.10 bits per heavy atom. The second-order valence-corrected chi connectivity index (χ2v) is 8.14. The van der Waals surface area contributed by atoms with E-state index in [1.54, 1.807) is 50.2 Å². The second kappa shape index (κ2) is 8.46. The van der Waals surface area contributed by atoms with Gasteiger partial charge in [-0.25, -0.2) is 0 Å². The molecule has 162 valence electrons. The highest BCUT2D eigenvalue weighted by Gasteiger charge is 2.63. The Bertz CT molecular complexity index is 1020. The zero-order chi connectivity index (χ0) is 22.8. The van der Waals surface area contributed by atoms with Gasteiger partial charge in [-0.2, -0.15) is 18.4 Å². The highest BCUT2D eigenvalue weighted by atomic mass is 19.4. The van der Waals surface area contributed by atoms with Gasteiger partial charge in [-0.1, -0.05) is 49.8 Å². The summed E-state index contributed by atoms with van der Waals surface area (Å²) in [5.41, 5.74) is -0.186. The lowest BCUT2D eigenvalue weighted by Crippen LogP contribution is -2.15. The highest BCUT2D eigenvalue weighted by Crippen LogP contribution is 2.62. The molecule has 0 amide bonds. The van der Waals surface area contributed by atoms with Gasteiger partial charge < -0.3 is 9.47 Å². The van der Waals surface area contributed by atoms with E-state index in [1.807, 2.05) is 24.3 Å². The van der Waals surface area contributed by atoms with E-state index in [9.17, 15) is 23.2 Å². The van der Waals surface area contributed by atoms with Gasteiger partial charge in [-0.15, -0.1) is 0 Å². The van der Waals surface area contributed by atoms with Crippen molar-refractivity contribution in [1.82, 2.24) is 0 Å². The molecule has 0 radical (unpaired) electrons. The summed E-state index contributed by atoms with van der Waals surface area (Å²) in [5, 5.41) is 9.54. The van der Waals surface area contributed by atoms with Crippen LogP contribution in [0, 0.1) is 28.6 Å². The summed E-state index contributed by atoms with van der Waals surface area (Å²) < 4.78 is 49.3. The van der Waals surface area contributed by atoms with Crippen LogP contribution < -0.4 is 4.74 Å². The molecular weight excluding hydrogens is 407 g/mol. The molecule has 1 aliphatic carbocycles. The predicted molar refractivity (Wildman–Crippen MR) is 108 cm³/mol. The summed E-state index contributed by atoms with van der Waals surface area (Å²) >= 11 is 0. The fourth-order valence-corrected chi connectivity index (χ4v) is 4.00. The minimum atomic E-state index is -4.45. The number of carbonyl (C=O) groups is 1. The van der Waals surface area contributed by atoms with Gasteiger partial charge in [0.25, 0.3) is 0 Å². The number of nitrogens with zero attached hydrogens (tertiary/aromatic N) is 1. The lowest BCUT2D eigenvalue weighted by Gasteiger charge is -2.13. The van der Waals surface area contributed by atoms with E-state index in [-0.39, 0.29) is 11.6 Å². The Balaban J connectivity index is 1.73. The number of carbonyl (C=O) groups excluding carboxylic acids is 1. The van der Waals surface area contributed by atoms with Crippen LogP contribution in [0.4, 0.5) is 13.2 Å². The summed E-state index contributed by atoms with van der Waals surface area (Å²) in [6.07, 6.45) is -5.43. The number of benzene rings is 2. The number of esters is 1. The molecule has 31 heavy (non-hydrogen) atoms. The third-order valence-electron chi connectivity index (χ3n) is 5.45. The molecule has 0 N–H and O–H groups in total. The van der Waals surface area contributed by atoms with Crippen molar-refractivity contribution < 1.29 is 27.4 Å². The summed E-state index contributed by atoms with van der Waals surface area (Å²) in [7, 11) is 0. The van der Waals surface area contributed by atoms with Crippen molar-refractivity contribution in [2.24, 2.45) is 17.3 Å². The van der Waals surface area contributed by atoms with Crippen LogP contribution in [0.15, 0.2) is 66.2 Å². The highest BCUT2D eigenvalue weighted by molar-refractivity contribution is 5.79.